The molecule has 0 saturated carbocycles. The highest BCUT2D eigenvalue weighted by Crippen LogP contribution is 2.27. The molecule has 0 aromatic heterocycles. The van der Waals surface area contributed by atoms with Crippen LogP contribution in [0.1, 0.15) is 93.6 Å². The van der Waals surface area contributed by atoms with E-state index in [-0.39, 0.29) is 23.7 Å². The van der Waals surface area contributed by atoms with Crippen LogP contribution in [0.15, 0.2) is 78.9 Å². The highest BCUT2D eigenvalue weighted by Gasteiger charge is 2.22. The fourth-order valence-corrected chi connectivity index (χ4v) is 5.90. The van der Waals surface area contributed by atoms with Crippen LogP contribution in [0.25, 0.3) is 0 Å². The summed E-state index contributed by atoms with van der Waals surface area (Å²) in [5.41, 5.74) is 2.73. The van der Waals surface area contributed by atoms with Gasteiger partial charge in [-0.2, -0.15) is 0 Å². The Bertz CT molecular complexity index is 1190. The van der Waals surface area contributed by atoms with Gasteiger partial charge in [0.15, 0.2) is 0 Å². The van der Waals surface area contributed by atoms with Crippen molar-refractivity contribution in [3.63, 3.8) is 0 Å². The van der Waals surface area contributed by atoms with Crippen molar-refractivity contribution in [1.82, 2.24) is 9.80 Å². The summed E-state index contributed by atoms with van der Waals surface area (Å²) in [6.45, 7) is 8.10. The van der Waals surface area contributed by atoms with E-state index in [1.54, 1.807) is 24.3 Å². The number of nitrogens with zero attached hydrogens (tertiary/aromatic N) is 2. The molecule has 1 heterocycles. The average molecular weight is 621 g/mol. The third-order valence-electron chi connectivity index (χ3n) is 8.64. The lowest BCUT2D eigenvalue weighted by molar-refractivity contribution is -0.150. The van der Waals surface area contributed by atoms with Crippen LogP contribution in [-0.2, 0) is 14.3 Å². The molecular formula is C38H50F2N2O3. The number of halogens is 2. The molecule has 4 rings (SSSR count). The van der Waals surface area contributed by atoms with E-state index in [0.29, 0.717) is 13.0 Å². The Morgan fingerprint density at radius 2 is 1.22 bits per heavy atom. The zero-order valence-electron chi connectivity index (χ0n) is 26.8. The first-order valence-electron chi connectivity index (χ1n) is 16.8. The third kappa shape index (κ3) is 12.3. The van der Waals surface area contributed by atoms with E-state index in [1.165, 1.54) is 56.4 Å². The lowest BCUT2D eigenvalue weighted by Gasteiger charge is -2.35. The monoisotopic (exact) mass is 620 g/mol. The Hall–Kier alpha value is -3.13. The average Bonchev–Trinajstić information content (AvgIpc) is 3.07. The van der Waals surface area contributed by atoms with Gasteiger partial charge in [0, 0.05) is 52.1 Å². The van der Waals surface area contributed by atoms with E-state index < -0.39 is 6.10 Å². The Labute approximate surface area is 268 Å². The fourth-order valence-electron chi connectivity index (χ4n) is 5.90. The van der Waals surface area contributed by atoms with Crippen molar-refractivity contribution < 1.29 is 23.0 Å². The van der Waals surface area contributed by atoms with Gasteiger partial charge in [0.05, 0.1) is 6.61 Å². The summed E-state index contributed by atoms with van der Waals surface area (Å²) < 4.78 is 39.4. The first-order valence-corrected chi connectivity index (χ1v) is 16.8. The minimum atomic E-state index is -0.393. The van der Waals surface area contributed by atoms with E-state index >= 15 is 0 Å². The lowest BCUT2D eigenvalue weighted by atomic mass is 10.0. The van der Waals surface area contributed by atoms with Crippen LogP contribution < -0.4 is 0 Å². The minimum absolute atomic E-state index is 0.0955. The van der Waals surface area contributed by atoms with Gasteiger partial charge in [-0.25, -0.2) is 8.78 Å². The summed E-state index contributed by atoms with van der Waals surface area (Å²) in [4.78, 5) is 17.6. The molecule has 7 heteroatoms. The van der Waals surface area contributed by atoms with Crippen molar-refractivity contribution in [2.45, 2.75) is 76.9 Å². The summed E-state index contributed by atoms with van der Waals surface area (Å²) in [6.07, 6.45) is 8.89. The number of ether oxygens (including phenoxy) is 2. The summed E-state index contributed by atoms with van der Waals surface area (Å²) in [7, 11) is 0. The highest BCUT2D eigenvalue weighted by molar-refractivity contribution is 5.69. The van der Waals surface area contributed by atoms with Crippen molar-refractivity contribution in [2.24, 2.45) is 0 Å². The van der Waals surface area contributed by atoms with Gasteiger partial charge in [-0.1, -0.05) is 100 Å². The maximum Gasteiger partial charge on any atom is 0.306 e. The van der Waals surface area contributed by atoms with E-state index in [2.05, 4.69) is 28.9 Å². The van der Waals surface area contributed by atoms with Crippen LogP contribution in [0.5, 0.6) is 0 Å². The van der Waals surface area contributed by atoms with Crippen LogP contribution in [0.2, 0.25) is 0 Å². The van der Waals surface area contributed by atoms with E-state index in [0.717, 1.165) is 75.2 Å². The van der Waals surface area contributed by atoms with Crippen molar-refractivity contribution in [3.05, 3.63) is 107 Å². The molecule has 3 aromatic carbocycles. The Morgan fingerprint density at radius 1 is 0.689 bits per heavy atom. The second-order valence-corrected chi connectivity index (χ2v) is 12.1. The molecular weight excluding hydrogens is 570 g/mol. The van der Waals surface area contributed by atoms with Gasteiger partial charge in [-0.05, 0) is 47.4 Å². The normalized spacial score (nSPS) is 14.9. The van der Waals surface area contributed by atoms with Crippen LogP contribution in [0.3, 0.4) is 0 Å². The minimum Gasteiger partial charge on any atom is -0.457 e. The number of esters is 1. The number of carbonyl (C=O) groups is 1. The Balaban J connectivity index is 1.20. The molecule has 0 N–H and O–H groups in total. The SMILES string of the molecule is CCCCCCCCCC(=O)O[C@H](CCN1CCN(CCOC(c2ccc(F)cc2)c2ccc(F)cc2)CC1)c1ccccc1. The highest BCUT2D eigenvalue weighted by atomic mass is 19.1. The van der Waals surface area contributed by atoms with Gasteiger partial charge >= 0.3 is 5.97 Å². The zero-order chi connectivity index (χ0) is 31.7. The molecule has 5 nitrogen and oxygen atoms in total. The smallest absolute Gasteiger partial charge is 0.306 e. The topological polar surface area (TPSA) is 42.0 Å². The molecule has 1 aliphatic rings. The van der Waals surface area contributed by atoms with Gasteiger partial charge in [0.1, 0.15) is 23.8 Å². The number of rotatable bonds is 19. The maximum atomic E-state index is 13.5. The van der Waals surface area contributed by atoms with Gasteiger partial charge < -0.3 is 14.4 Å². The number of hydrogen-bond donors (Lipinski definition) is 0. The molecule has 0 aliphatic carbocycles. The second-order valence-electron chi connectivity index (χ2n) is 12.1. The number of unbranched alkanes of at least 4 members (excludes halogenated alkanes) is 6. The molecule has 1 atom stereocenters. The maximum absolute atomic E-state index is 13.5. The van der Waals surface area contributed by atoms with Crippen LogP contribution in [0.4, 0.5) is 8.78 Å². The molecule has 244 valence electrons. The van der Waals surface area contributed by atoms with E-state index in [1.807, 2.05) is 18.2 Å². The summed E-state index contributed by atoms with van der Waals surface area (Å²) in [5.74, 6) is -0.695. The van der Waals surface area contributed by atoms with Crippen molar-refractivity contribution in [3.8, 4) is 0 Å². The quantitative estimate of drug-likeness (QED) is 0.0993. The predicted octanol–water partition coefficient (Wildman–Crippen LogP) is 8.50. The van der Waals surface area contributed by atoms with Crippen molar-refractivity contribution in [1.29, 1.82) is 0 Å². The molecule has 0 amide bonds. The molecule has 45 heavy (non-hydrogen) atoms. The number of hydrogen-bond acceptors (Lipinski definition) is 5. The molecule has 0 unspecified atom stereocenters. The van der Waals surface area contributed by atoms with Gasteiger partial charge in [-0.3, -0.25) is 9.69 Å². The second kappa shape index (κ2) is 19.4. The lowest BCUT2D eigenvalue weighted by Crippen LogP contribution is -2.47. The zero-order valence-corrected chi connectivity index (χ0v) is 26.8. The molecule has 0 spiro atoms. The standard InChI is InChI=1S/C38H50F2N2O3/c1-2-3-4-5-6-7-11-14-37(43)45-36(31-12-9-8-10-13-31)23-24-41-25-27-42(28-26-41)29-30-44-38(32-15-19-34(39)20-16-32)33-17-21-35(40)22-18-33/h8-10,12-13,15-22,36,38H,2-7,11,14,23-30H2,1H3/t36-/m1/s1. The number of benzene rings is 3. The van der Waals surface area contributed by atoms with Crippen LogP contribution in [0, 0.1) is 11.6 Å². The molecule has 0 bridgehead atoms. The first-order chi connectivity index (χ1) is 22.0. The predicted molar refractivity (Wildman–Crippen MR) is 176 cm³/mol. The van der Waals surface area contributed by atoms with E-state index in [9.17, 15) is 13.6 Å². The Kier molecular flexibility index (Phi) is 15.0. The third-order valence-corrected chi connectivity index (χ3v) is 8.64. The Morgan fingerprint density at radius 3 is 1.80 bits per heavy atom. The molecule has 1 fully saturated rings. The number of piperazine rings is 1. The molecule has 1 saturated heterocycles. The molecule has 1 aliphatic heterocycles. The molecule has 0 radical (unpaired) electrons. The fraction of sp³-hybridized carbons (Fsp3) is 0.500. The van der Waals surface area contributed by atoms with Crippen molar-refractivity contribution >= 4 is 5.97 Å². The van der Waals surface area contributed by atoms with Gasteiger partial charge in [0.25, 0.3) is 0 Å². The van der Waals surface area contributed by atoms with Crippen molar-refractivity contribution in [2.75, 3.05) is 45.9 Å². The van der Waals surface area contributed by atoms with Crippen LogP contribution in [-0.4, -0.2) is 61.6 Å². The first kappa shape index (κ1) is 34.7. The summed E-state index contributed by atoms with van der Waals surface area (Å²) in [5, 5.41) is 0. The summed E-state index contributed by atoms with van der Waals surface area (Å²) in [6, 6.07) is 22.7. The van der Waals surface area contributed by atoms with Gasteiger partial charge in [0.2, 0.25) is 0 Å². The van der Waals surface area contributed by atoms with Crippen LogP contribution >= 0.6 is 0 Å². The summed E-state index contributed by atoms with van der Waals surface area (Å²) >= 11 is 0. The molecule has 3 aromatic rings. The van der Waals surface area contributed by atoms with E-state index in [4.69, 9.17) is 9.47 Å². The largest absolute Gasteiger partial charge is 0.457 e. The van der Waals surface area contributed by atoms with Gasteiger partial charge in [-0.15, -0.1) is 0 Å². The number of carbonyl (C=O) groups excluding carboxylic acids is 1.